The van der Waals surface area contributed by atoms with Gasteiger partial charge >= 0.3 is 6.03 Å². The molecular formula is C22H21N5O. The molecule has 1 aliphatic rings. The van der Waals surface area contributed by atoms with Crippen LogP contribution in [-0.2, 0) is 6.54 Å². The van der Waals surface area contributed by atoms with Gasteiger partial charge in [0.1, 0.15) is 11.9 Å². The van der Waals surface area contributed by atoms with Crippen LogP contribution in [0, 0.1) is 11.3 Å². The van der Waals surface area contributed by atoms with Gasteiger partial charge in [-0.25, -0.2) is 9.78 Å². The smallest absolute Gasteiger partial charge is 0.317 e. The van der Waals surface area contributed by atoms with E-state index in [2.05, 4.69) is 39.5 Å². The van der Waals surface area contributed by atoms with Gasteiger partial charge in [0.2, 0.25) is 0 Å². The maximum atomic E-state index is 12.6. The lowest BCUT2D eigenvalue weighted by Gasteiger charge is -2.35. The molecular weight excluding hydrogens is 350 g/mol. The van der Waals surface area contributed by atoms with E-state index in [0.29, 0.717) is 44.1 Å². The number of nitrogens with zero attached hydrogens (tertiary/aromatic N) is 4. The number of anilines is 1. The predicted molar refractivity (Wildman–Crippen MR) is 109 cm³/mol. The predicted octanol–water partition coefficient (Wildman–Crippen LogP) is 3.14. The summed E-state index contributed by atoms with van der Waals surface area (Å²) in [6.07, 6.45) is 1.69. The van der Waals surface area contributed by atoms with Crippen molar-refractivity contribution in [2.24, 2.45) is 0 Å². The van der Waals surface area contributed by atoms with Gasteiger partial charge in [0.05, 0.1) is 5.56 Å². The van der Waals surface area contributed by atoms with Crippen molar-refractivity contribution in [2.45, 2.75) is 6.54 Å². The second-order valence-electron chi connectivity index (χ2n) is 6.76. The summed E-state index contributed by atoms with van der Waals surface area (Å²) in [6.45, 7) is 3.02. The number of urea groups is 1. The van der Waals surface area contributed by atoms with Crippen LogP contribution in [-0.4, -0.2) is 42.1 Å². The van der Waals surface area contributed by atoms with Gasteiger partial charge < -0.3 is 15.1 Å². The quantitative estimate of drug-likeness (QED) is 0.768. The first-order valence-corrected chi connectivity index (χ1v) is 9.36. The Bertz CT molecular complexity index is 1030. The standard InChI is InChI=1S/C22H21N5O/c23-15-18-8-4-10-24-21(18)26-11-13-27(14-12-26)22(28)25-16-19-7-3-6-17-5-1-2-9-20(17)19/h1-10H,11-14,16H2,(H,25,28). The molecule has 1 N–H and O–H groups in total. The van der Waals surface area contributed by atoms with Gasteiger partial charge in [-0.05, 0) is 28.5 Å². The fourth-order valence-electron chi connectivity index (χ4n) is 3.59. The zero-order valence-electron chi connectivity index (χ0n) is 15.5. The highest BCUT2D eigenvalue weighted by molar-refractivity contribution is 5.86. The molecule has 0 saturated carbocycles. The molecule has 6 heteroatoms. The average molecular weight is 371 g/mol. The molecule has 3 aromatic rings. The lowest BCUT2D eigenvalue weighted by atomic mass is 10.0. The topological polar surface area (TPSA) is 72.3 Å². The number of aromatic nitrogens is 1. The Morgan fingerprint density at radius 1 is 1.04 bits per heavy atom. The van der Waals surface area contributed by atoms with Crippen molar-refractivity contribution in [3.05, 3.63) is 71.9 Å². The van der Waals surface area contributed by atoms with Gasteiger partial charge in [0.25, 0.3) is 0 Å². The zero-order chi connectivity index (χ0) is 19.3. The minimum atomic E-state index is -0.0610. The van der Waals surface area contributed by atoms with Crippen molar-refractivity contribution in [2.75, 3.05) is 31.1 Å². The molecule has 2 aromatic carbocycles. The van der Waals surface area contributed by atoms with Gasteiger partial charge in [-0.2, -0.15) is 5.26 Å². The molecule has 28 heavy (non-hydrogen) atoms. The average Bonchev–Trinajstić information content (AvgIpc) is 2.77. The number of fused-ring (bicyclic) bond motifs is 1. The second-order valence-corrected chi connectivity index (χ2v) is 6.76. The van der Waals surface area contributed by atoms with Crippen LogP contribution in [0.3, 0.4) is 0 Å². The van der Waals surface area contributed by atoms with Gasteiger partial charge in [-0.15, -0.1) is 0 Å². The van der Waals surface area contributed by atoms with Gasteiger partial charge in [0, 0.05) is 38.9 Å². The molecule has 2 amide bonds. The van der Waals surface area contributed by atoms with Crippen molar-refractivity contribution in [1.82, 2.24) is 15.2 Å². The number of carbonyl (C=O) groups excluding carboxylic acids is 1. The van der Waals surface area contributed by atoms with Crippen LogP contribution >= 0.6 is 0 Å². The maximum Gasteiger partial charge on any atom is 0.317 e. The lowest BCUT2D eigenvalue weighted by molar-refractivity contribution is 0.194. The number of benzene rings is 2. The number of carbonyl (C=O) groups is 1. The van der Waals surface area contributed by atoms with Gasteiger partial charge in [-0.3, -0.25) is 0 Å². The highest BCUT2D eigenvalue weighted by Crippen LogP contribution is 2.19. The number of nitrogens with one attached hydrogen (secondary N) is 1. The Morgan fingerprint density at radius 3 is 2.64 bits per heavy atom. The number of nitriles is 1. The Labute approximate surface area is 164 Å². The molecule has 0 spiro atoms. The molecule has 0 unspecified atom stereocenters. The first-order valence-electron chi connectivity index (χ1n) is 9.36. The fourth-order valence-corrected chi connectivity index (χ4v) is 3.59. The zero-order valence-corrected chi connectivity index (χ0v) is 15.5. The molecule has 4 rings (SSSR count). The number of piperazine rings is 1. The van der Waals surface area contributed by atoms with Crippen LogP contribution in [0.4, 0.5) is 10.6 Å². The first-order chi connectivity index (χ1) is 13.8. The third-order valence-corrected chi connectivity index (χ3v) is 5.08. The molecule has 1 aromatic heterocycles. The first kappa shape index (κ1) is 17.8. The molecule has 1 saturated heterocycles. The van der Waals surface area contributed by atoms with Crippen molar-refractivity contribution >= 4 is 22.6 Å². The van der Waals surface area contributed by atoms with E-state index in [4.69, 9.17) is 0 Å². The van der Waals surface area contributed by atoms with Crippen LogP contribution in [0.2, 0.25) is 0 Å². The minimum absolute atomic E-state index is 0.0610. The molecule has 0 radical (unpaired) electrons. The van der Waals surface area contributed by atoms with Crippen LogP contribution in [0.25, 0.3) is 10.8 Å². The summed E-state index contributed by atoms with van der Waals surface area (Å²) >= 11 is 0. The van der Waals surface area contributed by atoms with Crippen LogP contribution in [0.5, 0.6) is 0 Å². The van der Waals surface area contributed by atoms with Crippen LogP contribution in [0.15, 0.2) is 60.8 Å². The van der Waals surface area contributed by atoms with Crippen LogP contribution in [0.1, 0.15) is 11.1 Å². The maximum absolute atomic E-state index is 12.6. The number of pyridine rings is 1. The van der Waals surface area contributed by atoms with E-state index >= 15 is 0 Å². The Balaban J connectivity index is 1.36. The van der Waals surface area contributed by atoms with E-state index in [0.717, 1.165) is 10.9 Å². The summed E-state index contributed by atoms with van der Waals surface area (Å²) in [6, 6.07) is 20.0. The minimum Gasteiger partial charge on any atom is -0.352 e. The highest BCUT2D eigenvalue weighted by Gasteiger charge is 2.23. The number of rotatable bonds is 3. The SMILES string of the molecule is N#Cc1cccnc1N1CCN(C(=O)NCc2cccc3ccccc23)CC1. The second kappa shape index (κ2) is 7.97. The molecule has 140 valence electrons. The van der Waals surface area contributed by atoms with Crippen molar-refractivity contribution in [1.29, 1.82) is 5.26 Å². The molecule has 6 nitrogen and oxygen atoms in total. The summed E-state index contributed by atoms with van der Waals surface area (Å²) in [5.41, 5.74) is 1.67. The summed E-state index contributed by atoms with van der Waals surface area (Å²) in [5, 5.41) is 14.6. The van der Waals surface area contributed by atoms with E-state index in [1.54, 1.807) is 18.3 Å². The molecule has 2 heterocycles. The summed E-state index contributed by atoms with van der Waals surface area (Å²) in [4.78, 5) is 20.8. The summed E-state index contributed by atoms with van der Waals surface area (Å²) in [5.74, 6) is 0.695. The van der Waals surface area contributed by atoms with Gasteiger partial charge in [0.15, 0.2) is 0 Å². The molecule has 1 fully saturated rings. The molecule has 0 aliphatic carbocycles. The van der Waals surface area contributed by atoms with E-state index < -0.39 is 0 Å². The van der Waals surface area contributed by atoms with Gasteiger partial charge in [-0.1, -0.05) is 42.5 Å². The lowest BCUT2D eigenvalue weighted by Crippen LogP contribution is -2.52. The number of hydrogen-bond acceptors (Lipinski definition) is 4. The normalized spacial score (nSPS) is 14.0. The fraction of sp³-hybridized carbons (Fsp3) is 0.227. The number of amides is 2. The van der Waals surface area contributed by atoms with E-state index in [9.17, 15) is 10.1 Å². The third-order valence-electron chi connectivity index (χ3n) is 5.08. The Morgan fingerprint density at radius 2 is 1.82 bits per heavy atom. The van der Waals surface area contributed by atoms with E-state index in [1.165, 1.54) is 5.39 Å². The Kier molecular flexibility index (Phi) is 5.07. The summed E-state index contributed by atoms with van der Waals surface area (Å²) in [7, 11) is 0. The highest BCUT2D eigenvalue weighted by atomic mass is 16.2. The monoisotopic (exact) mass is 371 g/mol. The van der Waals surface area contributed by atoms with E-state index in [1.807, 2.05) is 29.2 Å². The van der Waals surface area contributed by atoms with E-state index in [-0.39, 0.29) is 6.03 Å². The third kappa shape index (κ3) is 3.60. The molecule has 1 aliphatic heterocycles. The van der Waals surface area contributed by atoms with Crippen molar-refractivity contribution in [3.8, 4) is 6.07 Å². The van der Waals surface area contributed by atoms with Crippen molar-refractivity contribution in [3.63, 3.8) is 0 Å². The molecule has 0 atom stereocenters. The summed E-state index contributed by atoms with van der Waals surface area (Å²) < 4.78 is 0. The largest absolute Gasteiger partial charge is 0.352 e. The number of hydrogen-bond donors (Lipinski definition) is 1. The van der Waals surface area contributed by atoms with Crippen molar-refractivity contribution < 1.29 is 4.79 Å². The van der Waals surface area contributed by atoms with Crippen LogP contribution < -0.4 is 10.2 Å². The molecule has 0 bridgehead atoms. The Hall–Kier alpha value is -3.59.